The third kappa shape index (κ3) is 3.51. The van der Waals surface area contributed by atoms with Crippen molar-refractivity contribution in [3.05, 3.63) is 67.7 Å². The highest BCUT2D eigenvalue weighted by Crippen LogP contribution is 2.30. The first-order valence-electron chi connectivity index (χ1n) is 7.21. The van der Waals surface area contributed by atoms with Crippen molar-refractivity contribution in [2.24, 2.45) is 0 Å². The van der Waals surface area contributed by atoms with Crippen molar-refractivity contribution in [1.82, 2.24) is 10.2 Å². The van der Waals surface area contributed by atoms with Crippen molar-refractivity contribution in [3.63, 3.8) is 0 Å². The number of nitro benzene ring substituents is 1. The quantitative estimate of drug-likeness (QED) is 0.516. The fraction of sp³-hybridized carbons (Fsp3) is 0.0625. The molecule has 0 aliphatic heterocycles. The number of nitrogens with zero attached hydrogens (tertiary/aromatic N) is 3. The van der Waals surface area contributed by atoms with Crippen LogP contribution in [0.3, 0.4) is 0 Å². The van der Waals surface area contributed by atoms with Gasteiger partial charge in [0, 0.05) is 22.2 Å². The molecular formula is C16H10Cl2N4O4. The molecule has 132 valence electrons. The molecule has 1 N–H and O–H groups in total. The van der Waals surface area contributed by atoms with E-state index in [1.54, 1.807) is 12.1 Å². The molecule has 1 amide bonds. The maximum absolute atomic E-state index is 12.4. The lowest BCUT2D eigenvalue weighted by molar-refractivity contribution is -0.385. The van der Waals surface area contributed by atoms with E-state index >= 15 is 0 Å². The van der Waals surface area contributed by atoms with Crippen molar-refractivity contribution in [1.29, 1.82) is 0 Å². The standard InChI is InChI=1S/C16H10Cl2N4O4/c1-8-10(3-2-4-13(8)22(24)25)14(23)19-16-21-20-15(26-16)11-6-5-9(17)7-12(11)18/h2-7H,1H3,(H,19,21,23). The monoisotopic (exact) mass is 392 g/mol. The second-order valence-corrected chi connectivity index (χ2v) is 6.04. The van der Waals surface area contributed by atoms with Crippen LogP contribution < -0.4 is 5.32 Å². The number of nitrogens with one attached hydrogen (secondary N) is 1. The topological polar surface area (TPSA) is 111 Å². The van der Waals surface area contributed by atoms with E-state index in [0.717, 1.165) is 0 Å². The summed E-state index contributed by atoms with van der Waals surface area (Å²) in [6, 6.07) is 8.78. The van der Waals surface area contributed by atoms with Crippen molar-refractivity contribution in [3.8, 4) is 11.5 Å². The van der Waals surface area contributed by atoms with Crippen molar-refractivity contribution >= 4 is 40.8 Å². The number of halogens is 2. The Morgan fingerprint density at radius 2 is 2.00 bits per heavy atom. The second-order valence-electron chi connectivity index (χ2n) is 5.20. The normalized spacial score (nSPS) is 10.6. The van der Waals surface area contributed by atoms with E-state index in [4.69, 9.17) is 27.6 Å². The highest BCUT2D eigenvalue weighted by atomic mass is 35.5. The predicted octanol–water partition coefficient (Wildman–Crippen LogP) is 4.51. The SMILES string of the molecule is Cc1c(C(=O)Nc2nnc(-c3ccc(Cl)cc3Cl)o2)cccc1[N+](=O)[O-]. The molecule has 0 fully saturated rings. The molecule has 0 bridgehead atoms. The summed E-state index contributed by atoms with van der Waals surface area (Å²) in [7, 11) is 0. The van der Waals surface area contributed by atoms with E-state index in [9.17, 15) is 14.9 Å². The zero-order valence-electron chi connectivity index (χ0n) is 13.2. The Morgan fingerprint density at radius 3 is 2.69 bits per heavy atom. The smallest absolute Gasteiger partial charge is 0.322 e. The summed E-state index contributed by atoms with van der Waals surface area (Å²) in [5, 5.41) is 21.7. The van der Waals surface area contributed by atoms with Crippen LogP contribution in [0.5, 0.6) is 0 Å². The lowest BCUT2D eigenvalue weighted by Gasteiger charge is -2.05. The molecule has 0 aliphatic rings. The Hall–Kier alpha value is -2.97. The van der Waals surface area contributed by atoms with E-state index in [1.807, 2.05) is 0 Å². The molecule has 2 aromatic carbocycles. The molecule has 0 radical (unpaired) electrons. The Balaban J connectivity index is 1.85. The zero-order chi connectivity index (χ0) is 18.8. The summed E-state index contributed by atoms with van der Waals surface area (Å²) in [4.78, 5) is 22.8. The highest BCUT2D eigenvalue weighted by molar-refractivity contribution is 6.36. The van der Waals surface area contributed by atoms with Gasteiger partial charge in [0.15, 0.2) is 0 Å². The van der Waals surface area contributed by atoms with Gasteiger partial charge in [-0.2, -0.15) is 0 Å². The van der Waals surface area contributed by atoms with Crippen LogP contribution in [0.1, 0.15) is 15.9 Å². The number of hydrogen-bond donors (Lipinski definition) is 1. The van der Waals surface area contributed by atoms with Crippen LogP contribution >= 0.6 is 23.2 Å². The summed E-state index contributed by atoms with van der Waals surface area (Å²) in [5.41, 5.74) is 0.659. The third-order valence-electron chi connectivity index (χ3n) is 3.55. The molecule has 0 spiro atoms. The summed E-state index contributed by atoms with van der Waals surface area (Å²) < 4.78 is 5.38. The summed E-state index contributed by atoms with van der Waals surface area (Å²) >= 11 is 11.9. The molecule has 3 rings (SSSR count). The minimum Gasteiger partial charge on any atom is -0.403 e. The van der Waals surface area contributed by atoms with Gasteiger partial charge < -0.3 is 4.42 Å². The van der Waals surface area contributed by atoms with Gasteiger partial charge in [-0.05, 0) is 31.2 Å². The van der Waals surface area contributed by atoms with Crippen molar-refractivity contribution in [2.75, 3.05) is 5.32 Å². The van der Waals surface area contributed by atoms with Gasteiger partial charge in [-0.3, -0.25) is 20.2 Å². The molecule has 0 aliphatic carbocycles. The molecule has 0 saturated carbocycles. The number of carbonyl (C=O) groups excluding carboxylic acids is 1. The zero-order valence-corrected chi connectivity index (χ0v) is 14.7. The van der Waals surface area contributed by atoms with Gasteiger partial charge in [0.25, 0.3) is 17.5 Å². The van der Waals surface area contributed by atoms with Gasteiger partial charge in [0.2, 0.25) is 0 Å². The number of anilines is 1. The molecule has 8 nitrogen and oxygen atoms in total. The number of carbonyl (C=O) groups is 1. The van der Waals surface area contributed by atoms with Gasteiger partial charge in [-0.25, -0.2) is 0 Å². The number of amides is 1. The summed E-state index contributed by atoms with van der Waals surface area (Å²) in [6.07, 6.45) is 0. The van der Waals surface area contributed by atoms with Crippen molar-refractivity contribution < 1.29 is 14.1 Å². The molecule has 1 heterocycles. The van der Waals surface area contributed by atoms with Crippen molar-refractivity contribution in [2.45, 2.75) is 6.92 Å². The van der Waals surface area contributed by atoms with E-state index < -0.39 is 10.8 Å². The number of rotatable bonds is 4. The lowest BCUT2D eigenvalue weighted by Crippen LogP contribution is -2.14. The van der Waals surface area contributed by atoms with Crippen LogP contribution in [0.4, 0.5) is 11.7 Å². The van der Waals surface area contributed by atoms with Crippen LogP contribution in [0.15, 0.2) is 40.8 Å². The van der Waals surface area contributed by atoms with Gasteiger partial charge in [0.1, 0.15) is 0 Å². The first-order valence-corrected chi connectivity index (χ1v) is 7.96. The second kappa shape index (κ2) is 7.11. The summed E-state index contributed by atoms with van der Waals surface area (Å²) in [5.74, 6) is -0.513. The Kier molecular flexibility index (Phi) is 4.88. The van der Waals surface area contributed by atoms with Crippen LogP contribution in [0, 0.1) is 17.0 Å². The number of hydrogen-bond acceptors (Lipinski definition) is 6. The molecule has 1 aromatic heterocycles. The van der Waals surface area contributed by atoms with Gasteiger partial charge >= 0.3 is 6.01 Å². The fourth-order valence-corrected chi connectivity index (χ4v) is 2.77. The minimum atomic E-state index is -0.608. The number of nitro groups is 1. The van der Waals surface area contributed by atoms with Gasteiger partial charge in [-0.15, -0.1) is 5.10 Å². The predicted molar refractivity (Wildman–Crippen MR) is 95.5 cm³/mol. The maximum Gasteiger partial charge on any atom is 0.322 e. The first kappa shape index (κ1) is 17.8. The van der Waals surface area contributed by atoms with Crippen LogP contribution in [-0.2, 0) is 0 Å². The molecule has 0 saturated heterocycles. The largest absolute Gasteiger partial charge is 0.403 e. The molecule has 0 atom stereocenters. The Morgan fingerprint density at radius 1 is 1.23 bits per heavy atom. The van der Waals surface area contributed by atoms with Gasteiger partial charge in [0.05, 0.1) is 15.5 Å². The first-order chi connectivity index (χ1) is 12.4. The van der Waals surface area contributed by atoms with Crippen LogP contribution in [0.2, 0.25) is 10.0 Å². The molecule has 10 heteroatoms. The van der Waals surface area contributed by atoms with E-state index in [0.29, 0.717) is 15.6 Å². The summed E-state index contributed by atoms with van der Waals surface area (Å²) in [6.45, 7) is 1.49. The number of aromatic nitrogens is 2. The highest BCUT2D eigenvalue weighted by Gasteiger charge is 2.20. The maximum atomic E-state index is 12.4. The van der Waals surface area contributed by atoms with E-state index in [-0.39, 0.29) is 28.7 Å². The van der Waals surface area contributed by atoms with Crippen LogP contribution in [0.25, 0.3) is 11.5 Å². The van der Waals surface area contributed by atoms with Gasteiger partial charge in [-0.1, -0.05) is 34.4 Å². The molecule has 26 heavy (non-hydrogen) atoms. The average Bonchev–Trinajstić information content (AvgIpc) is 3.02. The van der Waals surface area contributed by atoms with Crippen LogP contribution in [-0.4, -0.2) is 21.0 Å². The Bertz CT molecular complexity index is 1020. The molecule has 0 unspecified atom stereocenters. The number of benzene rings is 2. The van der Waals surface area contributed by atoms with E-state index in [2.05, 4.69) is 15.5 Å². The third-order valence-corrected chi connectivity index (χ3v) is 4.10. The molecular weight excluding hydrogens is 383 g/mol. The lowest BCUT2D eigenvalue weighted by atomic mass is 10.1. The average molecular weight is 393 g/mol. The minimum absolute atomic E-state index is 0.0951. The van der Waals surface area contributed by atoms with E-state index in [1.165, 1.54) is 31.2 Å². The Labute approximate surface area is 156 Å². The molecule has 3 aromatic rings. The fourth-order valence-electron chi connectivity index (χ4n) is 2.28.